The van der Waals surface area contributed by atoms with E-state index in [9.17, 15) is 17.6 Å². The van der Waals surface area contributed by atoms with E-state index in [0.717, 1.165) is 6.07 Å². The molecular weight excluding hydrogens is 353 g/mol. The normalized spacial score (nSPS) is 26.0. The molecule has 2 atom stereocenters. The molecule has 2 aromatic rings. The minimum Gasteiger partial charge on any atom is -0.496 e. The number of alkyl halides is 3. The van der Waals surface area contributed by atoms with Gasteiger partial charge in [-0.1, -0.05) is 6.92 Å². The molecule has 2 unspecified atom stereocenters. The van der Waals surface area contributed by atoms with Crippen LogP contribution in [0.1, 0.15) is 37.8 Å². The van der Waals surface area contributed by atoms with Crippen LogP contribution >= 0.6 is 0 Å². The number of hydrogen-bond donors (Lipinski definition) is 0. The van der Waals surface area contributed by atoms with Gasteiger partial charge in [0.1, 0.15) is 17.1 Å². The highest BCUT2D eigenvalue weighted by Gasteiger charge is 2.75. The molecule has 0 spiro atoms. The van der Waals surface area contributed by atoms with E-state index in [1.54, 1.807) is 16.8 Å². The third-order valence-electron chi connectivity index (χ3n) is 6.12. The third kappa shape index (κ3) is 1.89. The molecule has 0 N–H and O–H groups in total. The van der Waals surface area contributed by atoms with E-state index in [1.807, 2.05) is 13.8 Å². The summed E-state index contributed by atoms with van der Waals surface area (Å²) in [4.78, 5) is 0. The highest BCUT2D eigenvalue weighted by molar-refractivity contribution is 5.71. The average molecular weight is 370 g/mol. The predicted molar refractivity (Wildman–Crippen MR) is 83.8 cm³/mol. The fourth-order valence-corrected chi connectivity index (χ4v) is 4.68. The first-order chi connectivity index (χ1) is 12.1. The van der Waals surface area contributed by atoms with Gasteiger partial charge in [-0.3, -0.25) is 0 Å². The lowest BCUT2D eigenvalue weighted by molar-refractivity contribution is -0.731. The first-order valence-corrected chi connectivity index (χ1v) is 8.31. The van der Waals surface area contributed by atoms with Crippen molar-refractivity contribution in [2.75, 3.05) is 7.11 Å². The molecule has 7 heteroatoms. The number of fused-ring (bicyclic) bond motifs is 6. The van der Waals surface area contributed by atoms with Crippen LogP contribution in [0.3, 0.4) is 0 Å². The zero-order valence-electron chi connectivity index (χ0n) is 14.5. The molecule has 1 aliphatic heterocycles. The maximum Gasteiger partial charge on any atom is 0.422 e. The van der Waals surface area contributed by atoms with Gasteiger partial charge in [0.25, 0.3) is 0 Å². The van der Waals surface area contributed by atoms with Crippen LogP contribution in [0.5, 0.6) is 5.75 Å². The van der Waals surface area contributed by atoms with Crippen LogP contribution in [-0.2, 0) is 17.1 Å². The Kier molecular flexibility index (Phi) is 3.29. The fourth-order valence-electron chi connectivity index (χ4n) is 4.68. The Labute approximate surface area is 147 Å². The molecule has 0 saturated heterocycles. The Morgan fingerprint density at radius 2 is 1.92 bits per heavy atom. The first-order valence-electron chi connectivity index (χ1n) is 8.31. The van der Waals surface area contributed by atoms with E-state index in [-0.39, 0.29) is 11.3 Å². The second kappa shape index (κ2) is 4.96. The Hall–Kier alpha value is -2.18. The number of benzene rings is 1. The van der Waals surface area contributed by atoms with Crippen molar-refractivity contribution in [3.63, 3.8) is 0 Å². The number of halogens is 5. The smallest absolute Gasteiger partial charge is 0.422 e. The summed E-state index contributed by atoms with van der Waals surface area (Å²) >= 11 is 0. The molecule has 2 aliphatic rings. The quantitative estimate of drug-likeness (QED) is 0.550. The molecule has 138 valence electrons. The summed E-state index contributed by atoms with van der Waals surface area (Å²) in [5, 5.41) is 0. The number of aromatic nitrogens is 1. The SMILES string of the molecule is CCC12CC1(C)[n+]1ccc(OC)cc1-c1c2cc(F)c(C(F)(F)F)c1F. The van der Waals surface area contributed by atoms with Crippen LogP contribution in [0.4, 0.5) is 22.0 Å². The summed E-state index contributed by atoms with van der Waals surface area (Å²) in [7, 11) is 1.42. The highest BCUT2D eigenvalue weighted by Crippen LogP contribution is 2.66. The summed E-state index contributed by atoms with van der Waals surface area (Å²) in [6.45, 7) is 3.85. The molecule has 1 aromatic carbocycles. The molecule has 4 rings (SSSR count). The van der Waals surface area contributed by atoms with Crippen LogP contribution in [-0.4, -0.2) is 7.11 Å². The predicted octanol–water partition coefficient (Wildman–Crippen LogP) is 4.73. The van der Waals surface area contributed by atoms with Crippen molar-refractivity contribution in [3.8, 4) is 17.0 Å². The lowest BCUT2D eigenvalue weighted by Crippen LogP contribution is -2.53. The maximum absolute atomic E-state index is 15.0. The van der Waals surface area contributed by atoms with Gasteiger partial charge >= 0.3 is 6.18 Å². The molecular formula is C19H17F5NO+. The molecule has 0 bridgehead atoms. The molecule has 1 saturated carbocycles. The van der Waals surface area contributed by atoms with Gasteiger partial charge in [-0.2, -0.15) is 17.7 Å². The van der Waals surface area contributed by atoms with Gasteiger partial charge in [-0.25, -0.2) is 8.78 Å². The minimum atomic E-state index is -5.11. The van der Waals surface area contributed by atoms with Crippen molar-refractivity contribution < 1.29 is 31.3 Å². The molecule has 0 amide bonds. The largest absolute Gasteiger partial charge is 0.496 e. The van der Waals surface area contributed by atoms with Crippen LogP contribution in [0.25, 0.3) is 11.3 Å². The summed E-state index contributed by atoms with van der Waals surface area (Å²) in [6, 6.07) is 4.06. The van der Waals surface area contributed by atoms with Crippen LogP contribution in [0.15, 0.2) is 24.4 Å². The second-order valence-electron chi connectivity index (χ2n) is 7.18. The Bertz CT molecular complexity index is 939. The van der Waals surface area contributed by atoms with Crippen molar-refractivity contribution in [3.05, 3.63) is 47.2 Å². The van der Waals surface area contributed by atoms with Crippen LogP contribution in [0, 0.1) is 11.6 Å². The third-order valence-corrected chi connectivity index (χ3v) is 6.12. The minimum absolute atomic E-state index is 0.186. The van der Waals surface area contributed by atoms with Gasteiger partial charge in [0, 0.05) is 19.4 Å². The monoisotopic (exact) mass is 370 g/mol. The van der Waals surface area contributed by atoms with Crippen LogP contribution < -0.4 is 9.30 Å². The molecule has 1 aromatic heterocycles. The number of rotatable bonds is 2. The fraction of sp³-hybridized carbons (Fsp3) is 0.421. The van der Waals surface area contributed by atoms with Gasteiger partial charge in [-0.05, 0) is 18.1 Å². The molecule has 1 fully saturated rings. The topological polar surface area (TPSA) is 13.1 Å². The second-order valence-corrected chi connectivity index (χ2v) is 7.18. The van der Waals surface area contributed by atoms with Crippen molar-refractivity contribution in [2.24, 2.45) is 0 Å². The van der Waals surface area contributed by atoms with Gasteiger partial charge in [0.05, 0.1) is 24.2 Å². The Morgan fingerprint density at radius 1 is 1.23 bits per heavy atom. The van der Waals surface area contributed by atoms with E-state index < -0.39 is 34.3 Å². The van der Waals surface area contributed by atoms with Gasteiger partial charge in [-0.15, -0.1) is 0 Å². The number of ether oxygens (including phenoxy) is 1. The van der Waals surface area contributed by atoms with E-state index in [4.69, 9.17) is 4.74 Å². The average Bonchev–Trinajstić information content (AvgIpc) is 3.21. The Morgan fingerprint density at radius 3 is 2.50 bits per heavy atom. The first kappa shape index (κ1) is 17.2. The molecule has 26 heavy (non-hydrogen) atoms. The zero-order chi connectivity index (χ0) is 19.1. The number of hydrogen-bond acceptors (Lipinski definition) is 1. The van der Waals surface area contributed by atoms with Gasteiger partial charge < -0.3 is 4.74 Å². The number of methoxy groups -OCH3 is 1. The lowest BCUT2D eigenvalue weighted by atomic mass is 9.80. The van der Waals surface area contributed by atoms with Crippen molar-refractivity contribution in [1.29, 1.82) is 0 Å². The standard InChI is InChI=1S/C19H17F5NO/c1-4-18-9-17(18,2)25-6-5-10(26-3)7-13(25)14-11(18)8-12(20)15(16(14)21)19(22,23)24/h5-8H,4,9H2,1-3H3/q+1. The Balaban J connectivity index is 2.13. The van der Waals surface area contributed by atoms with Crippen molar-refractivity contribution in [2.45, 2.75) is 43.8 Å². The molecule has 0 radical (unpaired) electrons. The summed E-state index contributed by atoms with van der Waals surface area (Å²) in [6.07, 6.45) is -2.24. The molecule has 2 heterocycles. The summed E-state index contributed by atoms with van der Waals surface area (Å²) < 4.78 is 76.0. The summed E-state index contributed by atoms with van der Waals surface area (Å²) in [5.41, 5.74) is -2.48. The van der Waals surface area contributed by atoms with E-state index >= 15 is 4.39 Å². The van der Waals surface area contributed by atoms with E-state index in [1.165, 1.54) is 13.2 Å². The number of nitrogens with zero attached hydrogens (tertiary/aromatic N) is 1. The van der Waals surface area contributed by atoms with E-state index in [0.29, 0.717) is 24.2 Å². The summed E-state index contributed by atoms with van der Waals surface area (Å²) in [5.74, 6) is -2.73. The van der Waals surface area contributed by atoms with Gasteiger partial charge in [0.15, 0.2) is 17.6 Å². The maximum atomic E-state index is 15.0. The lowest BCUT2D eigenvalue weighted by Gasteiger charge is -2.28. The van der Waals surface area contributed by atoms with Crippen molar-refractivity contribution >= 4 is 0 Å². The van der Waals surface area contributed by atoms with Crippen LogP contribution in [0.2, 0.25) is 0 Å². The molecule has 2 nitrogen and oxygen atoms in total. The van der Waals surface area contributed by atoms with E-state index in [2.05, 4.69) is 0 Å². The molecule has 1 aliphatic carbocycles. The van der Waals surface area contributed by atoms with Crippen molar-refractivity contribution in [1.82, 2.24) is 0 Å². The number of pyridine rings is 1. The zero-order valence-corrected chi connectivity index (χ0v) is 14.5. The van der Waals surface area contributed by atoms with Gasteiger partial charge in [0.2, 0.25) is 5.69 Å². The highest BCUT2D eigenvalue weighted by atomic mass is 19.4.